The van der Waals surface area contributed by atoms with Gasteiger partial charge in [-0.1, -0.05) is 48.5 Å². The zero-order valence-electron chi connectivity index (χ0n) is 26.1. The molecule has 0 saturated heterocycles. The van der Waals surface area contributed by atoms with Gasteiger partial charge in [0.25, 0.3) is 0 Å². The molecule has 4 fully saturated rings. The quantitative estimate of drug-likeness (QED) is 0.439. The van der Waals surface area contributed by atoms with Gasteiger partial charge in [0.1, 0.15) is 0 Å². The molecule has 6 heteroatoms. The summed E-state index contributed by atoms with van der Waals surface area (Å²) in [6.45, 7) is 16.5. The Hall–Kier alpha value is -1.95. The van der Waals surface area contributed by atoms with E-state index in [-0.39, 0.29) is 51.3 Å². The molecule has 0 radical (unpaired) electrons. The van der Waals surface area contributed by atoms with E-state index in [1.54, 1.807) is 4.68 Å². The number of aliphatic hydroxyl groups excluding tert-OH is 1. The number of amides is 1. The molecule has 1 aromatic heterocycles. The molecule has 40 heavy (non-hydrogen) atoms. The number of fused-ring (bicyclic) bond motifs is 7. The number of nitrogens with one attached hydrogen (secondary N) is 1. The standard InChI is InChI=1S/C34H51N3O3/c1-20(2)27-22(38)19-34(29(40)35-26-13-18-37(8)36-26)17-16-32(6)21(28(27)34)9-10-24-31(5)14-12-25(39)30(3,4)23(31)11-15-33(24,32)7/h13,18,20-21,23-25,39H,9-12,14-17,19H2,1-8H3,(H,35,36,40)/t21-,23+,24-,25+,31+,32-,33-,34-/m1/s1. The minimum Gasteiger partial charge on any atom is -0.393 e. The molecule has 220 valence electrons. The number of Topliss-reactive ketones (excluding diaryl/α,β-unsaturated/α-hetero) is 1. The average molecular weight is 550 g/mol. The normalized spacial score (nSPS) is 44.1. The van der Waals surface area contributed by atoms with Crippen molar-refractivity contribution < 1.29 is 14.7 Å². The number of hydrogen-bond acceptors (Lipinski definition) is 4. The van der Waals surface area contributed by atoms with E-state index >= 15 is 0 Å². The van der Waals surface area contributed by atoms with E-state index in [1.807, 2.05) is 19.3 Å². The molecule has 1 aromatic rings. The van der Waals surface area contributed by atoms with Crippen molar-refractivity contribution in [1.82, 2.24) is 9.78 Å². The van der Waals surface area contributed by atoms with Crippen LogP contribution in [-0.4, -0.2) is 32.7 Å². The average Bonchev–Trinajstić information content (AvgIpc) is 3.42. The molecule has 0 aliphatic heterocycles. The summed E-state index contributed by atoms with van der Waals surface area (Å²) >= 11 is 0. The van der Waals surface area contributed by atoms with Crippen LogP contribution in [0, 0.1) is 50.7 Å². The summed E-state index contributed by atoms with van der Waals surface area (Å²) in [6.07, 6.45) is 10.1. The zero-order chi connectivity index (χ0) is 29.0. The second kappa shape index (κ2) is 8.78. The first kappa shape index (κ1) is 28.2. The summed E-state index contributed by atoms with van der Waals surface area (Å²) in [5, 5.41) is 18.5. The van der Waals surface area contributed by atoms with Crippen LogP contribution < -0.4 is 5.32 Å². The lowest BCUT2D eigenvalue weighted by atomic mass is 9.33. The largest absolute Gasteiger partial charge is 0.393 e. The fourth-order valence-electron chi connectivity index (χ4n) is 11.6. The molecular weight excluding hydrogens is 498 g/mol. The molecule has 0 spiro atoms. The molecule has 5 aliphatic carbocycles. The number of ketones is 1. The van der Waals surface area contributed by atoms with Gasteiger partial charge in [0.05, 0.1) is 11.5 Å². The molecule has 0 bridgehead atoms. The highest BCUT2D eigenvalue weighted by molar-refractivity contribution is 6.09. The van der Waals surface area contributed by atoms with E-state index in [1.165, 1.54) is 5.57 Å². The summed E-state index contributed by atoms with van der Waals surface area (Å²) in [4.78, 5) is 28.0. The van der Waals surface area contributed by atoms with E-state index in [0.29, 0.717) is 24.1 Å². The monoisotopic (exact) mass is 549 g/mol. The number of aryl methyl sites for hydroxylation is 1. The van der Waals surface area contributed by atoms with E-state index in [2.05, 4.69) is 58.9 Å². The molecular formula is C34H51N3O3. The minimum absolute atomic E-state index is 0.0268. The number of anilines is 1. The van der Waals surface area contributed by atoms with Gasteiger partial charge in [-0.2, -0.15) is 5.10 Å². The minimum atomic E-state index is -0.764. The van der Waals surface area contributed by atoms with E-state index in [9.17, 15) is 14.7 Å². The third kappa shape index (κ3) is 3.47. The van der Waals surface area contributed by atoms with Crippen molar-refractivity contribution in [3.05, 3.63) is 23.4 Å². The molecule has 6 nitrogen and oxygen atoms in total. The Morgan fingerprint density at radius 2 is 1.73 bits per heavy atom. The highest BCUT2D eigenvalue weighted by Crippen LogP contribution is 2.76. The van der Waals surface area contributed by atoms with Crippen molar-refractivity contribution in [3.8, 4) is 0 Å². The fraction of sp³-hybridized carbons (Fsp3) is 0.794. The Balaban J connectivity index is 1.42. The van der Waals surface area contributed by atoms with E-state index in [0.717, 1.165) is 56.9 Å². The number of rotatable bonds is 3. The van der Waals surface area contributed by atoms with Crippen molar-refractivity contribution >= 4 is 17.5 Å². The van der Waals surface area contributed by atoms with Crippen molar-refractivity contribution in [2.24, 2.45) is 57.8 Å². The summed E-state index contributed by atoms with van der Waals surface area (Å²) in [7, 11) is 1.85. The van der Waals surface area contributed by atoms with Crippen LogP contribution >= 0.6 is 0 Å². The third-order valence-electron chi connectivity index (χ3n) is 13.8. The van der Waals surface area contributed by atoms with Gasteiger partial charge in [0, 0.05) is 25.7 Å². The van der Waals surface area contributed by atoms with Gasteiger partial charge in [-0.15, -0.1) is 0 Å². The van der Waals surface area contributed by atoms with Gasteiger partial charge in [-0.3, -0.25) is 14.3 Å². The molecule has 1 heterocycles. The maximum absolute atomic E-state index is 14.2. The second-order valence-corrected chi connectivity index (χ2v) is 16.0. The van der Waals surface area contributed by atoms with Crippen LogP contribution in [0.3, 0.4) is 0 Å². The SMILES string of the molecule is CC(C)C1=C2[C@H]3CC[C@@H]4[C@@]5(C)CC[C@H](O)C(C)(C)[C@@H]5CC[C@@]4(C)[C@]3(C)CC[C@@]2(C(=O)Nc2ccn(C)n2)CC1=O. The Labute approximate surface area is 240 Å². The molecule has 0 aromatic carbocycles. The number of carbonyl (C=O) groups excluding carboxylic acids is 2. The molecule has 0 unspecified atom stereocenters. The molecule has 1 amide bonds. The van der Waals surface area contributed by atoms with Crippen molar-refractivity contribution in [2.45, 2.75) is 112 Å². The smallest absolute Gasteiger partial charge is 0.236 e. The topological polar surface area (TPSA) is 84.2 Å². The maximum Gasteiger partial charge on any atom is 0.236 e. The maximum atomic E-state index is 14.2. The van der Waals surface area contributed by atoms with Crippen LogP contribution in [0.4, 0.5) is 5.82 Å². The van der Waals surface area contributed by atoms with E-state index < -0.39 is 5.41 Å². The summed E-state index contributed by atoms with van der Waals surface area (Å²) in [5.74, 6) is 2.14. The lowest BCUT2D eigenvalue weighted by molar-refractivity contribution is -0.228. The Morgan fingerprint density at radius 1 is 1.00 bits per heavy atom. The fourth-order valence-corrected chi connectivity index (χ4v) is 11.6. The Morgan fingerprint density at radius 3 is 2.38 bits per heavy atom. The Bertz CT molecular complexity index is 1280. The predicted molar refractivity (Wildman–Crippen MR) is 157 cm³/mol. The first-order chi connectivity index (χ1) is 18.6. The van der Waals surface area contributed by atoms with Gasteiger partial charge in [0.15, 0.2) is 11.6 Å². The van der Waals surface area contributed by atoms with Crippen LogP contribution in [0.2, 0.25) is 0 Å². The van der Waals surface area contributed by atoms with Crippen molar-refractivity contribution in [2.75, 3.05) is 5.32 Å². The highest BCUT2D eigenvalue weighted by Gasteiger charge is 2.70. The van der Waals surface area contributed by atoms with E-state index in [4.69, 9.17) is 0 Å². The third-order valence-corrected chi connectivity index (χ3v) is 13.8. The first-order valence-corrected chi connectivity index (χ1v) is 15.9. The number of nitrogens with zero attached hydrogens (tertiary/aromatic N) is 2. The number of carbonyl (C=O) groups is 2. The molecule has 5 aliphatic rings. The van der Waals surface area contributed by atoms with Crippen LogP contribution in [0.15, 0.2) is 23.4 Å². The van der Waals surface area contributed by atoms with Crippen molar-refractivity contribution in [3.63, 3.8) is 0 Å². The number of aromatic nitrogens is 2. The van der Waals surface area contributed by atoms with Gasteiger partial charge >= 0.3 is 0 Å². The van der Waals surface area contributed by atoms with Gasteiger partial charge in [-0.25, -0.2) is 0 Å². The lowest BCUT2D eigenvalue weighted by Crippen LogP contribution is -2.66. The molecule has 2 N–H and O–H groups in total. The molecule has 4 saturated carbocycles. The van der Waals surface area contributed by atoms with Crippen LogP contribution in [0.25, 0.3) is 0 Å². The van der Waals surface area contributed by atoms with Gasteiger partial charge in [-0.05, 0) is 108 Å². The molecule has 6 rings (SSSR count). The van der Waals surface area contributed by atoms with Crippen LogP contribution in [0.5, 0.6) is 0 Å². The van der Waals surface area contributed by atoms with Crippen LogP contribution in [0.1, 0.15) is 106 Å². The van der Waals surface area contributed by atoms with Gasteiger partial charge in [0.2, 0.25) is 5.91 Å². The summed E-state index contributed by atoms with van der Waals surface area (Å²) in [6, 6.07) is 1.83. The predicted octanol–water partition coefficient (Wildman–Crippen LogP) is 6.70. The number of aliphatic hydroxyl groups is 1. The Kier molecular flexibility index (Phi) is 6.19. The molecule has 8 atom stereocenters. The highest BCUT2D eigenvalue weighted by atomic mass is 16.3. The zero-order valence-corrected chi connectivity index (χ0v) is 26.1. The van der Waals surface area contributed by atoms with Crippen LogP contribution in [-0.2, 0) is 16.6 Å². The summed E-state index contributed by atoms with van der Waals surface area (Å²) < 4.78 is 1.70. The first-order valence-electron chi connectivity index (χ1n) is 15.9. The lowest BCUT2D eigenvalue weighted by Gasteiger charge is -2.72. The second-order valence-electron chi connectivity index (χ2n) is 16.0. The summed E-state index contributed by atoms with van der Waals surface area (Å²) in [5.41, 5.74) is 1.65. The number of allylic oxidation sites excluding steroid dienone is 1. The number of hydrogen-bond donors (Lipinski definition) is 2. The van der Waals surface area contributed by atoms with Gasteiger partial charge < -0.3 is 10.4 Å². The van der Waals surface area contributed by atoms with Crippen molar-refractivity contribution in [1.29, 1.82) is 0 Å².